The Morgan fingerprint density at radius 2 is 1.93 bits per heavy atom. The van der Waals surface area contributed by atoms with Crippen molar-refractivity contribution in [1.29, 1.82) is 0 Å². The summed E-state index contributed by atoms with van der Waals surface area (Å²) in [6, 6.07) is 14.3. The van der Waals surface area contributed by atoms with Crippen LogP contribution in [0.1, 0.15) is 44.5 Å². The van der Waals surface area contributed by atoms with Gasteiger partial charge in [-0.05, 0) is 43.2 Å². The van der Waals surface area contributed by atoms with E-state index >= 15 is 0 Å². The van der Waals surface area contributed by atoms with Gasteiger partial charge in [0.15, 0.2) is 11.5 Å². The first kappa shape index (κ1) is 19.0. The fourth-order valence-electron chi connectivity index (χ4n) is 3.27. The number of fused-ring (bicyclic) bond motifs is 1. The van der Waals surface area contributed by atoms with Crippen LogP contribution in [0.3, 0.4) is 0 Å². The molecule has 0 unspecified atom stereocenters. The highest BCUT2D eigenvalue weighted by atomic mass is 16.5. The molecule has 0 aliphatic rings. The van der Waals surface area contributed by atoms with Crippen LogP contribution >= 0.6 is 0 Å². The predicted octanol–water partition coefficient (Wildman–Crippen LogP) is 5.67. The predicted molar refractivity (Wildman–Crippen MR) is 112 cm³/mol. The quantitative estimate of drug-likeness (QED) is 0.483. The second kappa shape index (κ2) is 8.76. The van der Waals surface area contributed by atoms with Gasteiger partial charge in [0.25, 0.3) is 0 Å². The summed E-state index contributed by atoms with van der Waals surface area (Å²) < 4.78 is 13.8. The summed E-state index contributed by atoms with van der Waals surface area (Å²) in [6.07, 6.45) is 4.96. The van der Waals surface area contributed by atoms with Crippen LogP contribution < -0.4 is 9.47 Å². The molecule has 0 saturated heterocycles. The van der Waals surface area contributed by atoms with Gasteiger partial charge in [-0.1, -0.05) is 44.2 Å². The Morgan fingerprint density at radius 3 is 2.67 bits per heavy atom. The molecule has 1 heterocycles. The number of aryl methyl sites for hydroxylation is 1. The third-order valence-electron chi connectivity index (χ3n) is 4.53. The van der Waals surface area contributed by atoms with Gasteiger partial charge in [-0.25, -0.2) is 4.98 Å². The van der Waals surface area contributed by atoms with Crippen molar-refractivity contribution < 1.29 is 9.47 Å². The molecule has 0 aliphatic heterocycles. The fourth-order valence-corrected chi connectivity index (χ4v) is 3.27. The lowest BCUT2D eigenvalue weighted by molar-refractivity contribution is 0.282. The Kier molecular flexibility index (Phi) is 6.17. The standard InChI is InChI=1S/C23H28N2O2/c1-5-9-18-12-13-21(22(16-18)26-4)27-15-8-14-25-20-11-7-6-10-19(20)24-23(25)17(2)3/h5-7,9-13,16-17H,8,14-15H2,1-4H3/b9-5+. The number of rotatable bonds is 8. The van der Waals surface area contributed by atoms with Crippen molar-refractivity contribution >= 4 is 17.1 Å². The first-order valence-electron chi connectivity index (χ1n) is 9.52. The van der Waals surface area contributed by atoms with Crippen molar-refractivity contribution in [2.75, 3.05) is 13.7 Å². The molecule has 0 amide bonds. The van der Waals surface area contributed by atoms with Crippen molar-refractivity contribution in [3.63, 3.8) is 0 Å². The van der Waals surface area contributed by atoms with E-state index in [4.69, 9.17) is 14.5 Å². The van der Waals surface area contributed by atoms with Crippen LogP contribution in [-0.4, -0.2) is 23.3 Å². The van der Waals surface area contributed by atoms with E-state index in [2.05, 4.69) is 36.6 Å². The minimum atomic E-state index is 0.387. The highest BCUT2D eigenvalue weighted by Gasteiger charge is 2.13. The lowest BCUT2D eigenvalue weighted by atomic mass is 10.2. The number of imidazole rings is 1. The largest absolute Gasteiger partial charge is 0.493 e. The van der Waals surface area contributed by atoms with Gasteiger partial charge in [0, 0.05) is 12.5 Å². The lowest BCUT2D eigenvalue weighted by Gasteiger charge is -2.14. The van der Waals surface area contributed by atoms with E-state index in [1.54, 1.807) is 7.11 Å². The number of nitrogens with zero attached hydrogens (tertiary/aromatic N) is 2. The number of hydrogen-bond donors (Lipinski definition) is 0. The molecule has 3 aromatic rings. The van der Waals surface area contributed by atoms with Crippen molar-refractivity contribution in [3.8, 4) is 11.5 Å². The van der Waals surface area contributed by atoms with E-state index < -0.39 is 0 Å². The maximum absolute atomic E-state index is 5.99. The van der Waals surface area contributed by atoms with E-state index in [1.165, 1.54) is 5.52 Å². The van der Waals surface area contributed by atoms with Gasteiger partial charge in [0.1, 0.15) is 5.82 Å². The average Bonchev–Trinajstić information content (AvgIpc) is 3.05. The van der Waals surface area contributed by atoms with Crippen molar-refractivity contribution in [2.24, 2.45) is 0 Å². The molecule has 0 saturated carbocycles. The van der Waals surface area contributed by atoms with E-state index in [-0.39, 0.29) is 0 Å². The number of para-hydroxylation sites is 2. The molecule has 142 valence electrons. The topological polar surface area (TPSA) is 36.3 Å². The number of ether oxygens (including phenoxy) is 2. The molecule has 0 radical (unpaired) electrons. The average molecular weight is 364 g/mol. The number of allylic oxidation sites excluding steroid dienone is 1. The van der Waals surface area contributed by atoms with Crippen LogP contribution in [0.5, 0.6) is 11.5 Å². The Morgan fingerprint density at radius 1 is 1.11 bits per heavy atom. The summed E-state index contributed by atoms with van der Waals surface area (Å²) in [6.45, 7) is 7.88. The fraction of sp³-hybridized carbons (Fsp3) is 0.348. The molecule has 0 bridgehead atoms. The second-order valence-electron chi connectivity index (χ2n) is 6.88. The molecule has 0 aliphatic carbocycles. The van der Waals surface area contributed by atoms with E-state index in [0.717, 1.165) is 41.4 Å². The number of aromatic nitrogens is 2. The molecule has 1 aromatic heterocycles. The van der Waals surface area contributed by atoms with Gasteiger partial charge in [-0.15, -0.1) is 0 Å². The van der Waals surface area contributed by atoms with Crippen LogP contribution in [0.4, 0.5) is 0 Å². The maximum atomic E-state index is 5.99. The molecule has 2 aromatic carbocycles. The van der Waals surface area contributed by atoms with Crippen LogP contribution in [0.2, 0.25) is 0 Å². The third kappa shape index (κ3) is 4.33. The monoisotopic (exact) mass is 364 g/mol. The third-order valence-corrected chi connectivity index (χ3v) is 4.53. The number of benzene rings is 2. The van der Waals surface area contributed by atoms with Crippen LogP contribution in [0, 0.1) is 0 Å². The molecule has 4 nitrogen and oxygen atoms in total. The number of hydrogen-bond acceptors (Lipinski definition) is 3. The van der Waals surface area contributed by atoms with Crippen LogP contribution in [0.25, 0.3) is 17.1 Å². The summed E-state index contributed by atoms with van der Waals surface area (Å²) in [5.74, 6) is 3.06. The zero-order valence-electron chi connectivity index (χ0n) is 16.6. The summed E-state index contributed by atoms with van der Waals surface area (Å²) in [5.41, 5.74) is 3.35. The zero-order chi connectivity index (χ0) is 19.2. The smallest absolute Gasteiger partial charge is 0.161 e. The first-order valence-corrected chi connectivity index (χ1v) is 9.52. The normalized spacial score (nSPS) is 11.6. The molecule has 3 rings (SSSR count). The van der Waals surface area contributed by atoms with E-state index in [9.17, 15) is 0 Å². The molecule has 0 spiro atoms. The Balaban J connectivity index is 1.67. The molecule has 0 N–H and O–H groups in total. The van der Waals surface area contributed by atoms with Crippen LogP contribution in [0.15, 0.2) is 48.5 Å². The maximum Gasteiger partial charge on any atom is 0.161 e. The highest BCUT2D eigenvalue weighted by molar-refractivity contribution is 5.76. The summed E-state index contributed by atoms with van der Waals surface area (Å²) in [4.78, 5) is 4.80. The molecule has 0 atom stereocenters. The molecule has 4 heteroatoms. The van der Waals surface area contributed by atoms with Gasteiger partial charge in [-0.2, -0.15) is 0 Å². The molecule has 0 fully saturated rings. The van der Waals surface area contributed by atoms with Crippen molar-refractivity contribution in [2.45, 2.75) is 39.7 Å². The van der Waals surface area contributed by atoms with Gasteiger partial charge in [0.05, 0.1) is 24.8 Å². The first-order chi connectivity index (χ1) is 13.1. The summed E-state index contributed by atoms with van der Waals surface area (Å²) in [7, 11) is 1.67. The van der Waals surface area contributed by atoms with E-state index in [0.29, 0.717) is 12.5 Å². The van der Waals surface area contributed by atoms with E-state index in [1.807, 2.05) is 43.3 Å². The summed E-state index contributed by atoms with van der Waals surface area (Å²) in [5, 5.41) is 0. The minimum Gasteiger partial charge on any atom is -0.493 e. The van der Waals surface area contributed by atoms with Gasteiger partial charge in [-0.3, -0.25) is 0 Å². The molecule has 27 heavy (non-hydrogen) atoms. The SMILES string of the molecule is C/C=C/c1ccc(OCCCn2c(C(C)C)nc3ccccc32)c(OC)c1. The van der Waals surface area contributed by atoms with Gasteiger partial charge in [0.2, 0.25) is 0 Å². The highest BCUT2D eigenvalue weighted by Crippen LogP contribution is 2.29. The number of methoxy groups -OCH3 is 1. The minimum absolute atomic E-state index is 0.387. The van der Waals surface area contributed by atoms with Crippen molar-refractivity contribution in [3.05, 3.63) is 59.9 Å². The Hall–Kier alpha value is -2.75. The Bertz CT molecular complexity index is 925. The van der Waals surface area contributed by atoms with Crippen LogP contribution in [-0.2, 0) is 6.54 Å². The molecular formula is C23H28N2O2. The van der Waals surface area contributed by atoms with Crippen molar-refractivity contribution in [1.82, 2.24) is 9.55 Å². The Labute approximate surface area is 161 Å². The zero-order valence-corrected chi connectivity index (χ0v) is 16.6. The van der Waals surface area contributed by atoms with Gasteiger partial charge >= 0.3 is 0 Å². The lowest BCUT2D eigenvalue weighted by Crippen LogP contribution is -2.09. The van der Waals surface area contributed by atoms with Gasteiger partial charge < -0.3 is 14.0 Å². The second-order valence-corrected chi connectivity index (χ2v) is 6.88. The molecular weight excluding hydrogens is 336 g/mol. The summed E-state index contributed by atoms with van der Waals surface area (Å²) >= 11 is 0.